The van der Waals surface area contributed by atoms with Crippen LogP contribution in [0.25, 0.3) is 10.9 Å². The quantitative estimate of drug-likeness (QED) is 0.427. The van der Waals surface area contributed by atoms with Crippen molar-refractivity contribution in [1.82, 2.24) is 4.98 Å². The summed E-state index contributed by atoms with van der Waals surface area (Å²) < 4.78 is 31.4. The van der Waals surface area contributed by atoms with E-state index < -0.39 is 32.3 Å². The first-order chi connectivity index (χ1) is 8.32. The van der Waals surface area contributed by atoms with Gasteiger partial charge in [0.25, 0.3) is 10.1 Å². The molecule has 1 aromatic heterocycles. The van der Waals surface area contributed by atoms with Gasteiger partial charge in [0.15, 0.2) is 5.75 Å². The zero-order valence-electron chi connectivity index (χ0n) is 9.73. The molecule has 2 aromatic rings. The number of nitrogens with zero attached hydrogens (tertiary/aromatic N) is 1. The number of fused-ring (bicyclic) bond motifs is 1. The number of phenols is 1. The van der Waals surface area contributed by atoms with E-state index in [-0.39, 0.29) is 40.5 Å². The number of aromatic carboxylic acids is 1. The maximum atomic E-state index is 11.2. The minimum absolute atomic E-state index is 0. The number of carboxylic acids is 1. The first-order valence-electron chi connectivity index (χ1n) is 4.64. The minimum atomic E-state index is -4.62. The number of aromatic nitrogens is 1. The number of aromatic hydroxyl groups is 1. The van der Waals surface area contributed by atoms with Gasteiger partial charge < -0.3 is 10.2 Å². The predicted octanol–water partition coefficient (Wildman–Crippen LogP) is -2.11. The van der Waals surface area contributed by atoms with Gasteiger partial charge in [-0.05, 0) is 18.2 Å². The Morgan fingerprint density at radius 3 is 2.47 bits per heavy atom. The third kappa shape index (κ3) is 2.88. The van der Waals surface area contributed by atoms with E-state index in [1.54, 1.807) is 0 Å². The van der Waals surface area contributed by atoms with Crippen LogP contribution in [0.1, 0.15) is 10.4 Å². The van der Waals surface area contributed by atoms with Crippen LogP contribution < -0.4 is 29.6 Å². The molecule has 0 saturated heterocycles. The fourth-order valence-corrected chi connectivity index (χ4v) is 2.28. The number of carboxylic acid groups (broad SMARTS) is 1. The van der Waals surface area contributed by atoms with Crippen LogP contribution in [0.3, 0.4) is 0 Å². The Kier molecular flexibility index (Phi) is 4.54. The summed E-state index contributed by atoms with van der Waals surface area (Å²) >= 11 is 0. The topological polar surface area (TPSA) is 125 Å². The van der Waals surface area contributed by atoms with Gasteiger partial charge in [-0.2, -0.15) is 8.42 Å². The van der Waals surface area contributed by atoms with Crippen LogP contribution in [0.5, 0.6) is 5.75 Å². The average molecular weight is 292 g/mol. The fourth-order valence-electron chi connectivity index (χ4n) is 1.57. The van der Waals surface area contributed by atoms with Gasteiger partial charge >= 0.3 is 35.5 Å². The number of rotatable bonds is 2. The Hall–Kier alpha value is -1.19. The molecule has 0 bridgehead atoms. The second-order valence-corrected chi connectivity index (χ2v) is 4.84. The largest absolute Gasteiger partial charge is 1.00 e. The summed E-state index contributed by atoms with van der Waals surface area (Å²) in [4.78, 5) is 14.0. The third-order valence-electron chi connectivity index (χ3n) is 2.34. The number of hydrogen-bond donors (Lipinski definition) is 3. The smallest absolute Gasteiger partial charge is 0.505 e. The number of benzene rings is 1. The standard InChI is InChI=1S/C10H7NO6S.Na/c12-9-6(10(13)14)4-7(18(15,16)17)5-2-1-3-11-8(5)9;/h1-4,12H,(H,13,14)(H,15,16,17);/q;+1. The van der Waals surface area contributed by atoms with Crippen molar-refractivity contribution in [3.8, 4) is 5.75 Å². The van der Waals surface area contributed by atoms with Crippen LogP contribution in [-0.2, 0) is 10.1 Å². The van der Waals surface area contributed by atoms with Gasteiger partial charge in [-0.25, -0.2) is 4.79 Å². The normalized spacial score (nSPS) is 11.0. The Morgan fingerprint density at radius 1 is 1.32 bits per heavy atom. The molecule has 0 unspecified atom stereocenters. The van der Waals surface area contributed by atoms with Crippen molar-refractivity contribution in [3.63, 3.8) is 0 Å². The molecule has 0 saturated carbocycles. The summed E-state index contributed by atoms with van der Waals surface area (Å²) in [5, 5.41) is 18.5. The van der Waals surface area contributed by atoms with E-state index >= 15 is 0 Å². The Morgan fingerprint density at radius 2 is 1.95 bits per heavy atom. The molecule has 19 heavy (non-hydrogen) atoms. The van der Waals surface area contributed by atoms with Gasteiger partial charge in [-0.3, -0.25) is 9.54 Å². The summed E-state index contributed by atoms with van der Waals surface area (Å²) in [5.74, 6) is -2.17. The first kappa shape index (κ1) is 15.9. The maximum absolute atomic E-state index is 11.2. The molecule has 0 atom stereocenters. The Labute approximate surface area is 129 Å². The third-order valence-corrected chi connectivity index (χ3v) is 3.23. The Bertz CT molecular complexity index is 758. The van der Waals surface area contributed by atoms with Crippen molar-refractivity contribution in [3.05, 3.63) is 30.0 Å². The zero-order chi connectivity index (χ0) is 13.5. The molecule has 3 N–H and O–H groups in total. The van der Waals surface area contributed by atoms with Gasteiger partial charge in [0.2, 0.25) is 0 Å². The van der Waals surface area contributed by atoms with E-state index in [0.29, 0.717) is 6.07 Å². The molecule has 9 heteroatoms. The van der Waals surface area contributed by atoms with Gasteiger partial charge in [0, 0.05) is 11.6 Å². The van der Waals surface area contributed by atoms with Gasteiger partial charge in [0.1, 0.15) is 16.0 Å². The zero-order valence-corrected chi connectivity index (χ0v) is 12.5. The van der Waals surface area contributed by atoms with E-state index in [1.165, 1.54) is 18.3 Å². The van der Waals surface area contributed by atoms with Crippen molar-refractivity contribution in [2.24, 2.45) is 0 Å². The van der Waals surface area contributed by atoms with Crippen LogP contribution in [0.4, 0.5) is 0 Å². The second kappa shape index (κ2) is 5.43. The number of carbonyl (C=O) groups is 1. The summed E-state index contributed by atoms with van der Waals surface area (Å²) in [7, 11) is -4.62. The van der Waals surface area contributed by atoms with Crippen LogP contribution >= 0.6 is 0 Å². The van der Waals surface area contributed by atoms with Gasteiger partial charge in [0.05, 0.1) is 0 Å². The SMILES string of the molecule is O=C(O)c1cc(S(=O)(=O)O)c2cccnc2c1O.[Na+]. The summed E-state index contributed by atoms with van der Waals surface area (Å²) in [6, 6.07) is 3.39. The average Bonchev–Trinajstić information content (AvgIpc) is 2.27. The van der Waals surface area contributed by atoms with Crippen molar-refractivity contribution in [1.29, 1.82) is 0 Å². The molecule has 0 fully saturated rings. The van der Waals surface area contributed by atoms with Crippen LogP contribution in [-0.4, -0.2) is 34.1 Å². The van der Waals surface area contributed by atoms with Gasteiger partial charge in [-0.15, -0.1) is 0 Å². The predicted molar refractivity (Wildman–Crippen MR) is 60.2 cm³/mol. The van der Waals surface area contributed by atoms with Crippen molar-refractivity contribution in [2.75, 3.05) is 0 Å². The maximum Gasteiger partial charge on any atom is 1.00 e. The van der Waals surface area contributed by atoms with Crippen LogP contribution in [0.15, 0.2) is 29.3 Å². The molecule has 1 heterocycles. The molecule has 0 aliphatic carbocycles. The molecule has 0 aliphatic rings. The molecule has 1 aromatic carbocycles. The fraction of sp³-hybridized carbons (Fsp3) is 0. The van der Waals surface area contributed by atoms with Crippen molar-refractivity contribution in [2.45, 2.75) is 4.90 Å². The molecule has 0 amide bonds. The molecular weight excluding hydrogens is 285 g/mol. The van der Waals surface area contributed by atoms with Crippen molar-refractivity contribution < 1.29 is 57.5 Å². The van der Waals surface area contributed by atoms with Crippen LogP contribution in [0.2, 0.25) is 0 Å². The second-order valence-electron chi connectivity index (χ2n) is 3.45. The molecule has 7 nitrogen and oxygen atoms in total. The monoisotopic (exact) mass is 292 g/mol. The van der Waals surface area contributed by atoms with E-state index in [0.717, 1.165) is 0 Å². The molecule has 0 spiro atoms. The van der Waals surface area contributed by atoms with E-state index in [1.807, 2.05) is 0 Å². The molecule has 0 radical (unpaired) electrons. The molecule has 0 aliphatic heterocycles. The molecular formula is C10H7NNaO6S+. The first-order valence-corrected chi connectivity index (χ1v) is 6.08. The number of hydrogen-bond acceptors (Lipinski definition) is 5. The summed E-state index contributed by atoms with van der Waals surface area (Å²) in [6.07, 6.45) is 1.27. The van der Waals surface area contributed by atoms with E-state index in [4.69, 9.17) is 9.66 Å². The molecule has 94 valence electrons. The molecule has 2 rings (SSSR count). The van der Waals surface area contributed by atoms with E-state index in [9.17, 15) is 18.3 Å². The van der Waals surface area contributed by atoms with Crippen molar-refractivity contribution >= 4 is 27.0 Å². The van der Waals surface area contributed by atoms with E-state index in [2.05, 4.69) is 4.98 Å². The summed E-state index contributed by atoms with van der Waals surface area (Å²) in [5.41, 5.74) is -0.848. The Balaban J connectivity index is 0.00000180. The van der Waals surface area contributed by atoms with Gasteiger partial charge in [-0.1, -0.05) is 0 Å². The van der Waals surface area contributed by atoms with Crippen LogP contribution in [0, 0.1) is 0 Å². The number of pyridine rings is 1. The summed E-state index contributed by atoms with van der Waals surface area (Å²) in [6.45, 7) is 0. The minimum Gasteiger partial charge on any atom is -0.505 e.